The smallest absolute Gasteiger partial charge is 0.335 e. The number of pyridine rings is 1. The van der Waals surface area contributed by atoms with Gasteiger partial charge in [-0.15, -0.1) is 0 Å². The van der Waals surface area contributed by atoms with Gasteiger partial charge in [-0.25, -0.2) is 36.7 Å². The number of halogens is 5. The van der Waals surface area contributed by atoms with E-state index in [9.17, 15) is 18.7 Å². The molecule has 0 radical (unpaired) electrons. The van der Waals surface area contributed by atoms with Crippen LogP contribution in [-0.4, -0.2) is 38.3 Å². The number of aromatic nitrogens is 3. The molecule has 8 rings (SSSR count). The number of hydrogen-bond acceptors (Lipinski definition) is 5. The molecule has 2 saturated heterocycles. The minimum atomic E-state index is -1.32. The number of rotatable bonds is 9. The zero-order valence-electron chi connectivity index (χ0n) is 24.4. The number of carboxylic acids is 1. The molecular weight excluding hydrogens is 609 g/mol. The predicted octanol–water partition coefficient (Wildman–Crippen LogP) is 7.15. The fourth-order valence-corrected chi connectivity index (χ4v) is 6.30. The Morgan fingerprint density at radius 2 is 1.72 bits per heavy atom. The normalized spacial score (nSPS) is 18.6. The van der Waals surface area contributed by atoms with Crippen molar-refractivity contribution in [2.45, 2.75) is 45.4 Å². The van der Waals surface area contributed by atoms with Gasteiger partial charge in [0.05, 0.1) is 23.8 Å². The third-order valence-electron chi connectivity index (χ3n) is 8.72. The zero-order valence-corrected chi connectivity index (χ0v) is 24.4. The SMILES string of the molecule is Cc1ccc(COc2ccc(F)c(-c3cc(F)c(Cc4nc5c(F)cc(C(=O)O)cc5n4CC45COC(C4)C5)cc3F)n2)c(F)c1. The molecule has 236 valence electrons. The van der Waals surface area contributed by atoms with E-state index in [-0.39, 0.29) is 64.0 Å². The number of hydrogen-bond donors (Lipinski definition) is 1. The number of carboxylic acid groups (broad SMARTS) is 1. The van der Waals surface area contributed by atoms with Crippen molar-refractivity contribution < 1.29 is 41.3 Å². The largest absolute Gasteiger partial charge is 0.478 e. The Morgan fingerprint density at radius 3 is 2.43 bits per heavy atom. The van der Waals surface area contributed by atoms with E-state index in [2.05, 4.69) is 9.97 Å². The Morgan fingerprint density at radius 1 is 0.935 bits per heavy atom. The van der Waals surface area contributed by atoms with Crippen LogP contribution in [0.3, 0.4) is 0 Å². The van der Waals surface area contributed by atoms with Crippen LogP contribution >= 0.6 is 0 Å². The highest BCUT2D eigenvalue weighted by molar-refractivity contribution is 5.92. The van der Waals surface area contributed by atoms with E-state index in [1.54, 1.807) is 23.6 Å². The molecule has 2 aromatic heterocycles. The summed E-state index contributed by atoms with van der Waals surface area (Å²) in [6.45, 7) is 2.32. The lowest BCUT2D eigenvalue weighted by Gasteiger charge is -2.36. The average Bonchev–Trinajstić information content (AvgIpc) is 3.69. The minimum Gasteiger partial charge on any atom is -0.478 e. The quantitative estimate of drug-likeness (QED) is 0.173. The van der Waals surface area contributed by atoms with E-state index < -0.39 is 46.3 Å². The van der Waals surface area contributed by atoms with E-state index in [0.717, 1.165) is 42.7 Å². The first-order valence-corrected chi connectivity index (χ1v) is 14.5. The summed E-state index contributed by atoms with van der Waals surface area (Å²) in [5.41, 5.74) is -0.512. The highest BCUT2D eigenvalue weighted by atomic mass is 19.1. The summed E-state index contributed by atoms with van der Waals surface area (Å²) < 4.78 is 88.1. The Hall–Kier alpha value is -4.84. The Bertz CT molecular complexity index is 2030. The van der Waals surface area contributed by atoms with Crippen molar-refractivity contribution in [1.82, 2.24) is 14.5 Å². The van der Waals surface area contributed by atoms with Crippen LogP contribution < -0.4 is 4.74 Å². The summed E-state index contributed by atoms with van der Waals surface area (Å²) >= 11 is 0. The standard InChI is InChI=1S/C34H26F5N3O4/c1-17-2-3-18(24(36)6-17)14-45-30-5-4-23(35)31(41-30)22-11-25(37)19(7-26(22)38)10-29-40-32-27(39)8-20(33(43)44)9-28(32)42(29)15-34-12-21(13-34)46-16-34/h2-9,11,21H,10,12-16H2,1H3,(H,43,44). The highest BCUT2D eigenvalue weighted by Crippen LogP contribution is 2.51. The average molecular weight is 636 g/mol. The van der Waals surface area contributed by atoms with Crippen molar-refractivity contribution in [2.24, 2.45) is 5.41 Å². The molecule has 2 aliphatic heterocycles. The topological polar surface area (TPSA) is 86.5 Å². The third-order valence-corrected chi connectivity index (χ3v) is 8.72. The molecule has 7 nitrogen and oxygen atoms in total. The first-order valence-electron chi connectivity index (χ1n) is 14.5. The molecule has 1 aliphatic carbocycles. The zero-order chi connectivity index (χ0) is 32.3. The van der Waals surface area contributed by atoms with Gasteiger partial charge in [0.1, 0.15) is 46.9 Å². The van der Waals surface area contributed by atoms with Crippen molar-refractivity contribution in [3.05, 3.63) is 112 Å². The van der Waals surface area contributed by atoms with Gasteiger partial charge < -0.3 is 19.1 Å². The number of benzene rings is 3. The molecule has 3 fully saturated rings. The Kier molecular flexibility index (Phi) is 7.27. The first-order chi connectivity index (χ1) is 22.0. The van der Waals surface area contributed by atoms with Crippen molar-refractivity contribution in [3.8, 4) is 17.1 Å². The summed E-state index contributed by atoms with van der Waals surface area (Å²) in [7, 11) is 0. The molecule has 0 amide bonds. The van der Waals surface area contributed by atoms with E-state index in [0.29, 0.717) is 13.2 Å². The maximum Gasteiger partial charge on any atom is 0.335 e. The molecule has 0 unspecified atom stereocenters. The molecule has 4 heterocycles. The molecule has 2 bridgehead atoms. The van der Waals surface area contributed by atoms with Gasteiger partial charge in [0, 0.05) is 35.6 Å². The lowest BCUT2D eigenvalue weighted by atomic mass is 9.70. The number of ether oxygens (including phenoxy) is 2. The Balaban J connectivity index is 1.21. The number of fused-ring (bicyclic) bond motifs is 2. The molecule has 3 aromatic carbocycles. The molecule has 1 N–H and O–H groups in total. The van der Waals surface area contributed by atoms with E-state index in [4.69, 9.17) is 9.47 Å². The summed E-state index contributed by atoms with van der Waals surface area (Å²) in [6, 6.07) is 10.7. The third kappa shape index (κ3) is 5.36. The molecule has 0 atom stereocenters. The second-order valence-corrected chi connectivity index (χ2v) is 12.1. The Labute approximate surface area is 259 Å². The molecule has 46 heavy (non-hydrogen) atoms. The minimum absolute atomic E-state index is 0.0858. The summed E-state index contributed by atoms with van der Waals surface area (Å²) in [6.07, 6.45) is 1.41. The fourth-order valence-electron chi connectivity index (χ4n) is 6.30. The summed E-state index contributed by atoms with van der Waals surface area (Å²) in [5.74, 6) is -5.36. The molecule has 5 aromatic rings. The summed E-state index contributed by atoms with van der Waals surface area (Å²) in [4.78, 5) is 20.1. The van der Waals surface area contributed by atoms with Crippen molar-refractivity contribution in [3.63, 3.8) is 0 Å². The molecule has 0 spiro atoms. The van der Waals surface area contributed by atoms with Crippen LogP contribution in [0.1, 0.15) is 45.7 Å². The number of carbonyl (C=O) groups is 1. The highest BCUT2D eigenvalue weighted by Gasteiger charge is 2.52. The second kappa shape index (κ2) is 11.2. The first kappa shape index (κ1) is 29.8. The van der Waals surface area contributed by atoms with Gasteiger partial charge in [0.15, 0.2) is 5.82 Å². The van der Waals surface area contributed by atoms with Gasteiger partial charge in [-0.1, -0.05) is 12.1 Å². The fraction of sp³-hybridized carbons (Fsp3) is 0.265. The maximum atomic E-state index is 15.6. The van der Waals surface area contributed by atoms with Crippen LogP contribution in [-0.2, 0) is 24.3 Å². The maximum absolute atomic E-state index is 15.6. The van der Waals surface area contributed by atoms with Crippen LogP contribution in [0.15, 0.2) is 54.6 Å². The number of aryl methyl sites for hydroxylation is 1. The van der Waals surface area contributed by atoms with Gasteiger partial charge in [-0.2, -0.15) is 0 Å². The van der Waals surface area contributed by atoms with Crippen LogP contribution in [0.4, 0.5) is 22.0 Å². The van der Waals surface area contributed by atoms with Crippen molar-refractivity contribution in [1.29, 1.82) is 0 Å². The van der Waals surface area contributed by atoms with Crippen LogP contribution in [0.2, 0.25) is 0 Å². The van der Waals surface area contributed by atoms with Crippen LogP contribution in [0.25, 0.3) is 22.3 Å². The number of aromatic carboxylic acids is 1. The second-order valence-electron chi connectivity index (χ2n) is 12.1. The van der Waals surface area contributed by atoms with Gasteiger partial charge >= 0.3 is 5.97 Å². The van der Waals surface area contributed by atoms with E-state index >= 15 is 13.2 Å². The van der Waals surface area contributed by atoms with E-state index in [1.807, 2.05) is 0 Å². The number of imidazole rings is 1. The molecule has 12 heteroatoms. The monoisotopic (exact) mass is 635 g/mol. The molecular formula is C34H26F5N3O4. The van der Waals surface area contributed by atoms with Gasteiger partial charge in [-0.05, 0) is 67.3 Å². The van der Waals surface area contributed by atoms with Gasteiger partial charge in [0.2, 0.25) is 5.88 Å². The van der Waals surface area contributed by atoms with Crippen LogP contribution in [0, 0.1) is 41.4 Å². The predicted molar refractivity (Wildman–Crippen MR) is 156 cm³/mol. The van der Waals surface area contributed by atoms with Gasteiger partial charge in [-0.3, -0.25) is 0 Å². The number of nitrogens with zero attached hydrogens (tertiary/aromatic N) is 3. The van der Waals surface area contributed by atoms with Crippen molar-refractivity contribution >= 4 is 17.0 Å². The van der Waals surface area contributed by atoms with Crippen LogP contribution in [0.5, 0.6) is 5.88 Å². The molecule has 3 aliphatic rings. The van der Waals surface area contributed by atoms with E-state index in [1.165, 1.54) is 18.2 Å². The van der Waals surface area contributed by atoms with Crippen molar-refractivity contribution in [2.75, 3.05) is 6.61 Å². The molecule has 1 saturated carbocycles. The lowest BCUT2D eigenvalue weighted by molar-refractivity contribution is 0.0696. The summed E-state index contributed by atoms with van der Waals surface area (Å²) in [5, 5.41) is 9.51. The van der Waals surface area contributed by atoms with Gasteiger partial charge in [0.25, 0.3) is 0 Å². The lowest BCUT2D eigenvalue weighted by Crippen LogP contribution is -2.37.